The van der Waals surface area contributed by atoms with Crippen molar-refractivity contribution in [3.8, 4) is 11.5 Å². The van der Waals surface area contributed by atoms with E-state index in [9.17, 15) is 0 Å². The molecule has 1 N–H and O–H groups in total. The summed E-state index contributed by atoms with van der Waals surface area (Å²) < 4.78 is 11.5. The fourth-order valence-corrected chi connectivity index (χ4v) is 3.76. The summed E-state index contributed by atoms with van der Waals surface area (Å²) >= 11 is 5.06. The van der Waals surface area contributed by atoms with Crippen molar-refractivity contribution in [2.45, 2.75) is 17.8 Å². The van der Waals surface area contributed by atoms with Crippen molar-refractivity contribution < 1.29 is 9.47 Å². The highest BCUT2D eigenvalue weighted by Crippen LogP contribution is 2.32. The predicted molar refractivity (Wildman–Crippen MR) is 110 cm³/mol. The number of pyridine rings is 1. The summed E-state index contributed by atoms with van der Waals surface area (Å²) in [7, 11) is 3.31. The average Bonchev–Trinajstić information content (AvgIpc) is 2.96. The second-order valence-corrected chi connectivity index (χ2v) is 6.74. The van der Waals surface area contributed by atoms with Gasteiger partial charge in [0.15, 0.2) is 5.16 Å². The Labute approximate surface area is 171 Å². The fourth-order valence-electron chi connectivity index (χ4n) is 2.29. The Morgan fingerprint density at radius 1 is 1.20 bits per heavy atom. The molecule has 0 aliphatic rings. The minimum Gasteiger partial charge on any atom is -0.497 e. The van der Waals surface area contributed by atoms with Crippen LogP contribution in [0.25, 0.3) is 11.0 Å². The van der Waals surface area contributed by atoms with E-state index in [0.717, 1.165) is 43.4 Å². The van der Waals surface area contributed by atoms with Crippen molar-refractivity contribution in [2.75, 3.05) is 14.2 Å². The van der Waals surface area contributed by atoms with Crippen molar-refractivity contribution in [2.24, 2.45) is 0 Å². The highest BCUT2D eigenvalue weighted by atomic mass is 79.9. The van der Waals surface area contributed by atoms with Crippen LogP contribution in [0, 0.1) is 6.92 Å². The lowest BCUT2D eigenvalue weighted by Gasteiger charge is -2.10. The number of halogens is 3. The summed E-state index contributed by atoms with van der Waals surface area (Å²) in [5.41, 5.74) is 3.90. The van der Waals surface area contributed by atoms with E-state index in [-0.39, 0.29) is 24.8 Å². The normalized spacial score (nSPS) is 10.1. The summed E-state index contributed by atoms with van der Waals surface area (Å²) in [6.07, 6.45) is 1.77. The smallest absolute Gasteiger partial charge is 0.166 e. The number of thioether (sulfide) groups is 1. The van der Waals surface area contributed by atoms with E-state index in [1.165, 1.54) is 0 Å². The molecule has 1 aromatic carbocycles. The second-order valence-electron chi connectivity index (χ2n) is 4.92. The number of imidazole rings is 1. The fraction of sp³-hybridized carbons (Fsp3) is 0.250. The molecule has 0 aliphatic heterocycles. The highest BCUT2D eigenvalue weighted by Gasteiger charge is 2.12. The van der Waals surface area contributed by atoms with Crippen LogP contribution in [0.15, 0.2) is 34.0 Å². The van der Waals surface area contributed by atoms with E-state index in [2.05, 4.69) is 30.9 Å². The minimum absolute atomic E-state index is 0. The van der Waals surface area contributed by atoms with Crippen molar-refractivity contribution in [3.63, 3.8) is 0 Å². The zero-order chi connectivity index (χ0) is 16.4. The summed E-state index contributed by atoms with van der Waals surface area (Å²) in [6.45, 7) is 2.01. The molecule has 0 amide bonds. The van der Waals surface area contributed by atoms with Crippen LogP contribution >= 0.6 is 52.5 Å². The van der Waals surface area contributed by atoms with Gasteiger partial charge in [0.1, 0.15) is 11.5 Å². The summed E-state index contributed by atoms with van der Waals surface area (Å²) in [5.74, 6) is 2.34. The number of fused-ring (bicyclic) bond motifs is 1. The number of hydrogen-bond acceptors (Lipinski definition) is 5. The van der Waals surface area contributed by atoms with Crippen molar-refractivity contribution in [3.05, 3.63) is 40.1 Å². The van der Waals surface area contributed by atoms with Gasteiger partial charge in [-0.3, -0.25) is 4.98 Å². The van der Waals surface area contributed by atoms with Crippen LogP contribution in [-0.4, -0.2) is 29.2 Å². The van der Waals surface area contributed by atoms with Crippen LogP contribution < -0.4 is 9.47 Å². The largest absolute Gasteiger partial charge is 0.497 e. The molecule has 0 saturated carbocycles. The molecule has 3 aromatic rings. The molecule has 0 aliphatic carbocycles. The number of rotatable bonds is 5. The van der Waals surface area contributed by atoms with Crippen LogP contribution in [0.4, 0.5) is 0 Å². The number of benzene rings is 1. The Balaban J connectivity index is 0.00000156. The van der Waals surface area contributed by atoms with Crippen molar-refractivity contribution in [1.82, 2.24) is 15.0 Å². The topological polar surface area (TPSA) is 60.0 Å². The maximum absolute atomic E-state index is 5.41. The number of hydrogen-bond donors (Lipinski definition) is 1. The van der Waals surface area contributed by atoms with Crippen LogP contribution in [-0.2, 0) is 5.75 Å². The van der Waals surface area contributed by atoms with E-state index < -0.39 is 0 Å². The van der Waals surface area contributed by atoms with Crippen molar-refractivity contribution in [1.29, 1.82) is 0 Å². The number of methoxy groups -OCH3 is 2. The Morgan fingerprint density at radius 3 is 2.64 bits per heavy atom. The SMILES string of the molecule is COc1ccc2[nH]c(SCc3ncc(Br)c(OC)c3C)nc2c1.Cl.Cl. The number of ether oxygens (including phenoxy) is 2. The Hall–Kier alpha value is -1.15. The Bertz CT molecular complexity index is 861. The van der Waals surface area contributed by atoms with Crippen LogP contribution in [0.3, 0.4) is 0 Å². The molecule has 25 heavy (non-hydrogen) atoms. The number of nitrogens with one attached hydrogen (secondary N) is 1. The molecule has 2 aromatic heterocycles. The second kappa shape index (κ2) is 9.52. The molecule has 2 heterocycles. The maximum Gasteiger partial charge on any atom is 0.166 e. The third-order valence-electron chi connectivity index (χ3n) is 3.54. The molecule has 0 spiro atoms. The first-order valence-corrected chi connectivity index (χ1v) is 8.74. The number of H-pyrrole nitrogens is 1. The van der Waals surface area contributed by atoms with E-state index in [1.807, 2.05) is 25.1 Å². The monoisotopic (exact) mass is 465 g/mol. The van der Waals surface area contributed by atoms with Gasteiger partial charge < -0.3 is 14.5 Å². The standard InChI is InChI=1S/C16H16BrN3O2S.2ClH/c1-9-14(18-7-11(17)15(9)22-3)8-23-16-19-12-5-4-10(21-2)6-13(12)20-16;;/h4-7H,8H2,1-3H3,(H,19,20);2*1H. The molecule has 0 saturated heterocycles. The molecular weight excluding hydrogens is 449 g/mol. The van der Waals surface area contributed by atoms with Gasteiger partial charge in [0.05, 0.1) is 35.4 Å². The zero-order valence-electron chi connectivity index (χ0n) is 13.8. The average molecular weight is 467 g/mol. The lowest BCUT2D eigenvalue weighted by Crippen LogP contribution is -1.97. The highest BCUT2D eigenvalue weighted by molar-refractivity contribution is 9.10. The number of aromatic amines is 1. The molecule has 3 rings (SSSR count). The van der Waals surface area contributed by atoms with Gasteiger partial charge in [-0.15, -0.1) is 24.8 Å². The number of aromatic nitrogens is 3. The first kappa shape index (κ1) is 21.9. The summed E-state index contributed by atoms with van der Waals surface area (Å²) in [4.78, 5) is 12.4. The van der Waals surface area contributed by atoms with Gasteiger partial charge in [0.2, 0.25) is 0 Å². The van der Waals surface area contributed by atoms with E-state index in [4.69, 9.17) is 9.47 Å². The lowest BCUT2D eigenvalue weighted by molar-refractivity contribution is 0.407. The van der Waals surface area contributed by atoms with Gasteiger partial charge in [-0.25, -0.2) is 4.98 Å². The zero-order valence-corrected chi connectivity index (χ0v) is 17.9. The molecule has 5 nitrogen and oxygen atoms in total. The van der Waals surface area contributed by atoms with Gasteiger partial charge in [0, 0.05) is 23.6 Å². The predicted octanol–water partition coefficient (Wildman–Crippen LogP) is 5.18. The molecule has 0 unspecified atom stereocenters. The van der Waals surface area contributed by atoms with Crippen LogP contribution in [0.1, 0.15) is 11.3 Å². The Morgan fingerprint density at radius 2 is 1.96 bits per heavy atom. The van der Waals surface area contributed by atoms with Crippen LogP contribution in [0.2, 0.25) is 0 Å². The van der Waals surface area contributed by atoms with Gasteiger partial charge in [-0.05, 0) is 35.0 Å². The lowest BCUT2D eigenvalue weighted by atomic mass is 10.2. The quantitative estimate of drug-likeness (QED) is 0.524. The number of nitrogens with zero attached hydrogens (tertiary/aromatic N) is 2. The molecule has 9 heteroatoms. The summed E-state index contributed by atoms with van der Waals surface area (Å²) in [6, 6.07) is 5.81. The molecule has 0 fully saturated rings. The van der Waals surface area contributed by atoms with Crippen LogP contribution in [0.5, 0.6) is 11.5 Å². The third-order valence-corrected chi connectivity index (χ3v) is 4.99. The van der Waals surface area contributed by atoms with Crippen molar-refractivity contribution >= 4 is 63.5 Å². The third kappa shape index (κ3) is 4.73. The van der Waals surface area contributed by atoms with Gasteiger partial charge >= 0.3 is 0 Å². The molecular formula is C16H18BrCl2N3O2S. The molecule has 0 atom stereocenters. The first-order chi connectivity index (χ1) is 11.1. The van der Waals surface area contributed by atoms with Gasteiger partial charge in [-0.1, -0.05) is 11.8 Å². The molecule has 0 radical (unpaired) electrons. The minimum atomic E-state index is 0. The van der Waals surface area contributed by atoms with E-state index in [1.54, 1.807) is 32.2 Å². The summed E-state index contributed by atoms with van der Waals surface area (Å²) in [5, 5.41) is 0.858. The molecule has 0 bridgehead atoms. The Kier molecular flexibility index (Phi) is 8.34. The first-order valence-electron chi connectivity index (χ1n) is 6.97. The van der Waals surface area contributed by atoms with E-state index >= 15 is 0 Å². The van der Waals surface area contributed by atoms with E-state index in [0.29, 0.717) is 5.75 Å². The van der Waals surface area contributed by atoms with Gasteiger partial charge in [-0.2, -0.15) is 0 Å². The molecule has 136 valence electrons. The van der Waals surface area contributed by atoms with Gasteiger partial charge in [0.25, 0.3) is 0 Å². The maximum atomic E-state index is 5.41.